The number of alkyl halides is 3. The molecule has 1 saturated heterocycles. The van der Waals surface area contributed by atoms with Crippen LogP contribution in [0.3, 0.4) is 0 Å². The summed E-state index contributed by atoms with van der Waals surface area (Å²) in [6.07, 6.45) is -4.78. The van der Waals surface area contributed by atoms with Crippen LogP contribution in [0.1, 0.15) is 12.0 Å². The molecule has 98 valence electrons. The first-order valence-corrected chi connectivity index (χ1v) is 5.22. The van der Waals surface area contributed by atoms with Crippen LogP contribution < -0.4 is 10.6 Å². The van der Waals surface area contributed by atoms with Crippen LogP contribution in [0.4, 0.5) is 23.2 Å². The Morgan fingerprint density at radius 3 is 2.50 bits per heavy atom. The lowest BCUT2D eigenvalue weighted by atomic mass is 10.1. The Morgan fingerprint density at radius 1 is 1.33 bits per heavy atom. The molecule has 0 radical (unpaired) electrons. The Kier molecular flexibility index (Phi) is 3.02. The minimum Gasteiger partial charge on any atom is -0.326 e. The Balaban J connectivity index is 2.44. The van der Waals surface area contributed by atoms with Crippen molar-refractivity contribution in [1.29, 1.82) is 0 Å². The molecule has 1 amide bonds. The fourth-order valence-electron chi connectivity index (χ4n) is 1.92. The lowest BCUT2D eigenvalue weighted by molar-refractivity contribution is -0.140. The van der Waals surface area contributed by atoms with Crippen LogP contribution in [0.5, 0.6) is 0 Å². The Hall–Kier alpha value is -1.63. The van der Waals surface area contributed by atoms with Gasteiger partial charge in [-0.1, -0.05) is 6.07 Å². The molecule has 0 aromatic heterocycles. The average Bonchev–Trinajstić information content (AvgIpc) is 2.56. The minimum absolute atomic E-state index is 0.00961. The highest BCUT2D eigenvalue weighted by Gasteiger charge is 2.37. The van der Waals surface area contributed by atoms with Crippen LogP contribution in [-0.4, -0.2) is 18.5 Å². The lowest BCUT2D eigenvalue weighted by Gasteiger charge is -2.19. The normalized spacial score (nSPS) is 20.6. The van der Waals surface area contributed by atoms with E-state index in [4.69, 9.17) is 5.73 Å². The molecular weight excluding hydrogens is 252 g/mol. The van der Waals surface area contributed by atoms with E-state index in [-0.39, 0.29) is 18.7 Å². The highest BCUT2D eigenvalue weighted by atomic mass is 19.4. The molecular formula is C11H10F4N2O. The van der Waals surface area contributed by atoms with Gasteiger partial charge in [0.05, 0.1) is 11.3 Å². The molecule has 1 fully saturated rings. The van der Waals surface area contributed by atoms with Crippen LogP contribution in [0.15, 0.2) is 18.2 Å². The Morgan fingerprint density at radius 2 is 2.00 bits per heavy atom. The highest BCUT2D eigenvalue weighted by molar-refractivity contribution is 5.96. The van der Waals surface area contributed by atoms with Crippen molar-refractivity contribution in [2.45, 2.75) is 18.6 Å². The first kappa shape index (κ1) is 12.8. The van der Waals surface area contributed by atoms with E-state index in [1.54, 1.807) is 0 Å². The third-order valence-corrected chi connectivity index (χ3v) is 2.73. The lowest BCUT2D eigenvalue weighted by Crippen LogP contribution is -2.29. The van der Waals surface area contributed by atoms with E-state index in [1.807, 2.05) is 0 Å². The smallest absolute Gasteiger partial charge is 0.326 e. The number of rotatable bonds is 1. The predicted octanol–water partition coefficient (Wildman–Crippen LogP) is 1.91. The topological polar surface area (TPSA) is 46.3 Å². The number of benzene rings is 1. The maximum atomic E-state index is 13.8. The molecule has 1 aromatic rings. The number of anilines is 1. The quantitative estimate of drug-likeness (QED) is 0.786. The molecule has 18 heavy (non-hydrogen) atoms. The molecule has 0 spiro atoms. The van der Waals surface area contributed by atoms with Crippen LogP contribution >= 0.6 is 0 Å². The second-order valence-electron chi connectivity index (χ2n) is 4.10. The minimum atomic E-state index is -4.79. The maximum Gasteiger partial charge on any atom is 0.419 e. The third kappa shape index (κ3) is 2.17. The Labute approximate surface area is 100 Å². The van der Waals surface area contributed by atoms with E-state index in [1.165, 1.54) is 0 Å². The van der Waals surface area contributed by atoms with Gasteiger partial charge < -0.3 is 10.6 Å². The molecule has 1 atom stereocenters. The van der Waals surface area contributed by atoms with Gasteiger partial charge in [-0.05, 0) is 12.1 Å². The van der Waals surface area contributed by atoms with Crippen LogP contribution in [-0.2, 0) is 11.0 Å². The number of halogens is 4. The molecule has 1 heterocycles. The van der Waals surface area contributed by atoms with Gasteiger partial charge in [-0.2, -0.15) is 13.2 Å². The van der Waals surface area contributed by atoms with Gasteiger partial charge in [-0.3, -0.25) is 4.79 Å². The van der Waals surface area contributed by atoms with Crippen molar-refractivity contribution in [3.8, 4) is 0 Å². The fraction of sp³-hybridized carbons (Fsp3) is 0.364. The number of carbonyl (C=O) groups is 1. The second kappa shape index (κ2) is 4.24. The Bertz CT molecular complexity index is 486. The maximum absolute atomic E-state index is 13.8. The van der Waals surface area contributed by atoms with Gasteiger partial charge in [0.25, 0.3) is 0 Å². The number of hydrogen-bond acceptors (Lipinski definition) is 2. The van der Waals surface area contributed by atoms with Gasteiger partial charge in [-0.25, -0.2) is 4.39 Å². The van der Waals surface area contributed by atoms with E-state index in [0.29, 0.717) is 6.07 Å². The summed E-state index contributed by atoms with van der Waals surface area (Å²) in [4.78, 5) is 12.4. The summed E-state index contributed by atoms with van der Waals surface area (Å²) < 4.78 is 51.3. The molecule has 2 rings (SSSR count). The van der Waals surface area contributed by atoms with E-state index in [9.17, 15) is 22.4 Å². The molecule has 7 heteroatoms. The SMILES string of the molecule is NC1CC(=O)N(c2cccc(C(F)(F)F)c2F)C1. The van der Waals surface area contributed by atoms with Crippen molar-refractivity contribution in [3.05, 3.63) is 29.6 Å². The van der Waals surface area contributed by atoms with Crippen LogP contribution in [0, 0.1) is 5.82 Å². The van der Waals surface area contributed by atoms with Gasteiger partial charge >= 0.3 is 6.18 Å². The van der Waals surface area contributed by atoms with Crippen LogP contribution in [0.2, 0.25) is 0 Å². The summed E-state index contributed by atoms with van der Waals surface area (Å²) in [5, 5.41) is 0. The standard InChI is InChI=1S/C11H10F4N2O/c12-10-7(11(13,14)15)2-1-3-8(10)17-5-6(16)4-9(17)18/h1-3,6H,4-5,16H2. The van der Waals surface area contributed by atoms with E-state index in [0.717, 1.165) is 17.0 Å². The molecule has 0 saturated carbocycles. The van der Waals surface area contributed by atoms with Crippen molar-refractivity contribution >= 4 is 11.6 Å². The average molecular weight is 262 g/mol. The number of nitrogens with two attached hydrogens (primary N) is 1. The van der Waals surface area contributed by atoms with E-state index in [2.05, 4.69) is 0 Å². The zero-order chi connectivity index (χ0) is 13.5. The molecule has 1 aliphatic rings. The fourth-order valence-corrected chi connectivity index (χ4v) is 1.92. The summed E-state index contributed by atoms with van der Waals surface area (Å²) in [6, 6.07) is 2.37. The number of carbonyl (C=O) groups excluding carboxylic acids is 1. The van der Waals surface area contributed by atoms with E-state index < -0.39 is 29.5 Å². The van der Waals surface area contributed by atoms with E-state index >= 15 is 0 Å². The molecule has 0 aliphatic carbocycles. The first-order chi connectivity index (χ1) is 8.30. The molecule has 2 N–H and O–H groups in total. The summed E-state index contributed by atoms with van der Waals surface area (Å²) in [5.74, 6) is -1.91. The molecule has 1 aliphatic heterocycles. The number of hydrogen-bond donors (Lipinski definition) is 1. The zero-order valence-corrected chi connectivity index (χ0v) is 9.17. The third-order valence-electron chi connectivity index (χ3n) is 2.73. The monoisotopic (exact) mass is 262 g/mol. The van der Waals surface area contributed by atoms with Crippen molar-refractivity contribution in [3.63, 3.8) is 0 Å². The van der Waals surface area contributed by atoms with Gasteiger partial charge in [0.2, 0.25) is 5.91 Å². The van der Waals surface area contributed by atoms with Crippen LogP contribution in [0.25, 0.3) is 0 Å². The summed E-state index contributed by atoms with van der Waals surface area (Å²) in [6.45, 7) is 0.0249. The molecule has 0 bridgehead atoms. The van der Waals surface area contributed by atoms with Crippen molar-refractivity contribution in [2.75, 3.05) is 11.4 Å². The summed E-state index contributed by atoms with van der Waals surface area (Å²) in [5.41, 5.74) is 3.77. The molecule has 3 nitrogen and oxygen atoms in total. The first-order valence-electron chi connectivity index (χ1n) is 5.22. The number of nitrogens with zero attached hydrogens (tertiary/aromatic N) is 1. The van der Waals surface area contributed by atoms with Crippen molar-refractivity contribution < 1.29 is 22.4 Å². The zero-order valence-electron chi connectivity index (χ0n) is 9.17. The van der Waals surface area contributed by atoms with Gasteiger partial charge in [0.15, 0.2) is 5.82 Å². The number of amides is 1. The summed E-state index contributed by atoms with van der Waals surface area (Å²) >= 11 is 0. The predicted molar refractivity (Wildman–Crippen MR) is 56.3 cm³/mol. The van der Waals surface area contributed by atoms with Gasteiger partial charge in [0.1, 0.15) is 0 Å². The van der Waals surface area contributed by atoms with Gasteiger partial charge in [-0.15, -0.1) is 0 Å². The summed E-state index contributed by atoms with van der Waals surface area (Å²) in [7, 11) is 0. The van der Waals surface area contributed by atoms with Crippen molar-refractivity contribution in [1.82, 2.24) is 0 Å². The van der Waals surface area contributed by atoms with Crippen molar-refractivity contribution in [2.24, 2.45) is 5.73 Å². The molecule has 1 aromatic carbocycles. The highest BCUT2D eigenvalue weighted by Crippen LogP contribution is 2.35. The largest absolute Gasteiger partial charge is 0.419 e. The second-order valence-corrected chi connectivity index (χ2v) is 4.10. The molecule has 1 unspecified atom stereocenters. The van der Waals surface area contributed by atoms with Gasteiger partial charge in [0, 0.05) is 19.0 Å².